The molecule has 3 N–H and O–H groups in total. The van der Waals surface area contributed by atoms with Gasteiger partial charge in [-0.1, -0.05) is 11.6 Å². The summed E-state index contributed by atoms with van der Waals surface area (Å²) in [6.45, 7) is 0.593. The summed E-state index contributed by atoms with van der Waals surface area (Å²) in [6.07, 6.45) is 1.32. The van der Waals surface area contributed by atoms with Crippen LogP contribution in [-0.2, 0) is 9.53 Å². The number of carbonyl (C=O) groups excluding carboxylic acids is 1. The molecule has 0 aliphatic rings. The minimum atomic E-state index is -0.558. The maximum absolute atomic E-state index is 11.8. The quantitative estimate of drug-likeness (QED) is 0.752. The Morgan fingerprint density at radius 1 is 1.47 bits per heavy atom. The Morgan fingerprint density at radius 2 is 2.21 bits per heavy atom. The van der Waals surface area contributed by atoms with E-state index in [1.165, 1.54) is 7.11 Å². The summed E-state index contributed by atoms with van der Waals surface area (Å²) in [6, 6.07) is 4.45. The highest BCUT2D eigenvalue weighted by Gasteiger charge is 2.13. The smallest absolute Gasteiger partial charge is 0.241 e. The van der Waals surface area contributed by atoms with Gasteiger partial charge < -0.3 is 20.5 Å². The lowest BCUT2D eigenvalue weighted by Crippen LogP contribution is -2.35. The fourth-order valence-electron chi connectivity index (χ4n) is 1.55. The predicted molar refractivity (Wildman–Crippen MR) is 75.7 cm³/mol. The van der Waals surface area contributed by atoms with E-state index >= 15 is 0 Å². The number of nitrogens with one attached hydrogen (secondary N) is 1. The SMILES string of the molecule is COCCCC(N)C(=O)Nc1ccc(Cl)c(OC)c1. The van der Waals surface area contributed by atoms with Crippen LogP contribution >= 0.6 is 11.6 Å². The van der Waals surface area contributed by atoms with Gasteiger partial charge in [0.2, 0.25) is 5.91 Å². The molecule has 1 unspecified atom stereocenters. The Morgan fingerprint density at radius 3 is 2.84 bits per heavy atom. The highest BCUT2D eigenvalue weighted by molar-refractivity contribution is 6.32. The van der Waals surface area contributed by atoms with E-state index in [-0.39, 0.29) is 5.91 Å². The second kappa shape index (κ2) is 7.99. The van der Waals surface area contributed by atoms with Crippen molar-refractivity contribution >= 4 is 23.2 Å². The average molecular weight is 287 g/mol. The molecule has 0 spiro atoms. The van der Waals surface area contributed by atoms with E-state index in [0.717, 1.165) is 6.42 Å². The molecule has 0 aliphatic carbocycles. The summed E-state index contributed by atoms with van der Waals surface area (Å²) in [7, 11) is 3.13. The van der Waals surface area contributed by atoms with E-state index in [2.05, 4.69) is 5.32 Å². The van der Waals surface area contributed by atoms with Crippen molar-refractivity contribution in [3.8, 4) is 5.75 Å². The lowest BCUT2D eigenvalue weighted by molar-refractivity contribution is -0.117. The minimum absolute atomic E-state index is 0.236. The Hall–Kier alpha value is -1.30. The summed E-state index contributed by atoms with van der Waals surface area (Å²) in [4.78, 5) is 11.8. The molecule has 1 amide bonds. The van der Waals surface area contributed by atoms with Crippen LogP contribution in [0, 0.1) is 0 Å². The van der Waals surface area contributed by atoms with Crippen LogP contribution in [0.4, 0.5) is 5.69 Å². The minimum Gasteiger partial charge on any atom is -0.495 e. The number of methoxy groups -OCH3 is 2. The zero-order valence-corrected chi connectivity index (χ0v) is 11.9. The van der Waals surface area contributed by atoms with Crippen LogP contribution in [0.1, 0.15) is 12.8 Å². The van der Waals surface area contributed by atoms with Gasteiger partial charge in [-0.2, -0.15) is 0 Å². The molecule has 6 heteroatoms. The first-order chi connectivity index (χ1) is 9.08. The molecule has 0 radical (unpaired) electrons. The van der Waals surface area contributed by atoms with Gasteiger partial charge in [0.05, 0.1) is 18.2 Å². The van der Waals surface area contributed by atoms with E-state index in [1.54, 1.807) is 25.3 Å². The van der Waals surface area contributed by atoms with Crippen molar-refractivity contribution < 1.29 is 14.3 Å². The molecule has 0 heterocycles. The van der Waals surface area contributed by atoms with E-state index in [1.807, 2.05) is 0 Å². The van der Waals surface area contributed by atoms with Crippen molar-refractivity contribution in [2.45, 2.75) is 18.9 Å². The number of halogens is 1. The van der Waals surface area contributed by atoms with Crippen LogP contribution in [0.2, 0.25) is 5.02 Å². The Balaban J connectivity index is 2.56. The van der Waals surface area contributed by atoms with Crippen LogP contribution in [-0.4, -0.2) is 32.8 Å². The molecule has 106 valence electrons. The maximum Gasteiger partial charge on any atom is 0.241 e. The van der Waals surface area contributed by atoms with E-state index < -0.39 is 6.04 Å². The van der Waals surface area contributed by atoms with Crippen LogP contribution < -0.4 is 15.8 Å². The summed E-state index contributed by atoms with van der Waals surface area (Å²) < 4.78 is 9.99. The third kappa shape index (κ3) is 5.06. The van der Waals surface area contributed by atoms with Crippen LogP contribution in [0.15, 0.2) is 18.2 Å². The maximum atomic E-state index is 11.8. The first kappa shape index (κ1) is 15.8. The summed E-state index contributed by atoms with van der Waals surface area (Å²) >= 11 is 5.90. The summed E-state index contributed by atoms with van der Waals surface area (Å²) in [5.74, 6) is 0.271. The number of nitrogens with two attached hydrogens (primary N) is 1. The van der Waals surface area contributed by atoms with Gasteiger partial charge in [0.15, 0.2) is 0 Å². The molecule has 19 heavy (non-hydrogen) atoms. The van der Waals surface area contributed by atoms with Gasteiger partial charge in [0, 0.05) is 25.5 Å². The molecule has 0 bridgehead atoms. The molecule has 1 rings (SSSR count). The number of hydrogen-bond acceptors (Lipinski definition) is 4. The molecule has 0 saturated carbocycles. The fraction of sp³-hybridized carbons (Fsp3) is 0.462. The first-order valence-electron chi connectivity index (χ1n) is 5.97. The van der Waals surface area contributed by atoms with Crippen molar-refractivity contribution in [2.24, 2.45) is 5.73 Å². The first-order valence-corrected chi connectivity index (χ1v) is 6.35. The van der Waals surface area contributed by atoms with Crippen molar-refractivity contribution in [3.05, 3.63) is 23.2 Å². The molecule has 1 aromatic rings. The summed E-state index contributed by atoms with van der Waals surface area (Å²) in [5.41, 5.74) is 6.39. The summed E-state index contributed by atoms with van der Waals surface area (Å²) in [5, 5.41) is 3.22. The van der Waals surface area contributed by atoms with Gasteiger partial charge in [-0.25, -0.2) is 0 Å². The third-order valence-electron chi connectivity index (χ3n) is 2.62. The van der Waals surface area contributed by atoms with E-state index in [4.69, 9.17) is 26.8 Å². The second-order valence-electron chi connectivity index (χ2n) is 4.08. The molecule has 5 nitrogen and oxygen atoms in total. The molecule has 0 fully saturated rings. The lowest BCUT2D eigenvalue weighted by Gasteiger charge is -2.13. The number of amides is 1. The van der Waals surface area contributed by atoms with Gasteiger partial charge in [-0.15, -0.1) is 0 Å². The number of benzene rings is 1. The topological polar surface area (TPSA) is 73.6 Å². The van der Waals surface area contributed by atoms with Gasteiger partial charge in [-0.05, 0) is 25.0 Å². The van der Waals surface area contributed by atoms with Crippen molar-refractivity contribution in [1.82, 2.24) is 0 Å². The van der Waals surface area contributed by atoms with Crippen LogP contribution in [0.25, 0.3) is 0 Å². The molecular weight excluding hydrogens is 268 g/mol. The monoisotopic (exact) mass is 286 g/mol. The molecular formula is C13H19ClN2O3. The third-order valence-corrected chi connectivity index (χ3v) is 2.93. The van der Waals surface area contributed by atoms with Crippen LogP contribution in [0.5, 0.6) is 5.75 Å². The van der Waals surface area contributed by atoms with E-state index in [9.17, 15) is 4.79 Å². The highest BCUT2D eigenvalue weighted by Crippen LogP contribution is 2.27. The number of ether oxygens (including phenoxy) is 2. The Kier molecular flexibility index (Phi) is 6.62. The van der Waals surface area contributed by atoms with Crippen molar-refractivity contribution in [2.75, 3.05) is 26.1 Å². The van der Waals surface area contributed by atoms with Gasteiger partial charge >= 0.3 is 0 Å². The fourth-order valence-corrected chi connectivity index (χ4v) is 1.75. The largest absolute Gasteiger partial charge is 0.495 e. The zero-order valence-electron chi connectivity index (χ0n) is 11.1. The van der Waals surface area contributed by atoms with E-state index in [0.29, 0.717) is 29.5 Å². The zero-order chi connectivity index (χ0) is 14.3. The normalized spacial score (nSPS) is 12.0. The van der Waals surface area contributed by atoms with Gasteiger partial charge in [0.25, 0.3) is 0 Å². The Labute approximate surface area is 118 Å². The van der Waals surface area contributed by atoms with Gasteiger partial charge in [-0.3, -0.25) is 4.79 Å². The number of carbonyl (C=O) groups is 1. The molecule has 1 atom stereocenters. The van der Waals surface area contributed by atoms with Gasteiger partial charge in [0.1, 0.15) is 5.75 Å². The average Bonchev–Trinajstić information content (AvgIpc) is 2.41. The van der Waals surface area contributed by atoms with Crippen molar-refractivity contribution in [1.29, 1.82) is 0 Å². The molecule has 0 aromatic heterocycles. The number of anilines is 1. The number of hydrogen-bond donors (Lipinski definition) is 2. The van der Waals surface area contributed by atoms with Crippen LogP contribution in [0.3, 0.4) is 0 Å². The second-order valence-corrected chi connectivity index (χ2v) is 4.49. The standard InChI is InChI=1S/C13H19ClN2O3/c1-18-7-3-4-11(15)13(17)16-9-5-6-10(14)12(8-9)19-2/h5-6,8,11H,3-4,7,15H2,1-2H3,(H,16,17). The van der Waals surface area contributed by atoms with Crippen molar-refractivity contribution in [3.63, 3.8) is 0 Å². The number of rotatable bonds is 7. The lowest BCUT2D eigenvalue weighted by atomic mass is 10.1. The Bertz CT molecular complexity index is 426. The molecule has 0 saturated heterocycles. The molecule has 0 aliphatic heterocycles. The molecule has 1 aromatic carbocycles. The highest BCUT2D eigenvalue weighted by atomic mass is 35.5. The predicted octanol–water partition coefficient (Wildman–Crippen LogP) is 2.04.